The average molecular weight is 491 g/mol. The molecule has 0 unspecified atom stereocenters. The van der Waals surface area contributed by atoms with Gasteiger partial charge in [-0.1, -0.05) is 48.5 Å². The van der Waals surface area contributed by atoms with Crippen LogP contribution in [0, 0.1) is 5.82 Å². The number of hydrogen-bond donors (Lipinski definition) is 2. The van der Waals surface area contributed by atoms with Gasteiger partial charge in [-0.3, -0.25) is 4.90 Å². The Bertz CT molecular complexity index is 1280. The van der Waals surface area contributed by atoms with Gasteiger partial charge in [0, 0.05) is 62.6 Å². The standard InChI is InChI=1S/C26H27FN6OS/c27-21-10-8-19(9-11-21)18-24-30-26(35-31-24)33-16-14-32(15-17-33)13-12-28-25(34)29-23-7-3-5-20-4-1-2-6-22(20)23/h1-11H,12-18H2,(H2,28,29,34). The van der Waals surface area contributed by atoms with E-state index in [-0.39, 0.29) is 11.8 Å². The van der Waals surface area contributed by atoms with E-state index >= 15 is 0 Å². The first-order valence-electron chi connectivity index (χ1n) is 11.7. The van der Waals surface area contributed by atoms with Crippen molar-refractivity contribution in [1.82, 2.24) is 19.6 Å². The lowest BCUT2D eigenvalue weighted by Gasteiger charge is -2.34. The summed E-state index contributed by atoms with van der Waals surface area (Å²) < 4.78 is 17.6. The SMILES string of the molecule is O=C(NCCN1CCN(c2nc(Cc3ccc(F)cc3)ns2)CC1)Nc1cccc2ccccc12. The predicted molar refractivity (Wildman–Crippen MR) is 139 cm³/mol. The summed E-state index contributed by atoms with van der Waals surface area (Å²) in [6, 6.07) is 20.2. The van der Waals surface area contributed by atoms with E-state index in [0.29, 0.717) is 13.0 Å². The first kappa shape index (κ1) is 23.2. The molecule has 2 amide bonds. The van der Waals surface area contributed by atoms with Gasteiger partial charge in [-0.25, -0.2) is 14.2 Å². The van der Waals surface area contributed by atoms with Crippen LogP contribution in [0.3, 0.4) is 0 Å². The van der Waals surface area contributed by atoms with Crippen LogP contribution < -0.4 is 15.5 Å². The topological polar surface area (TPSA) is 73.4 Å². The fourth-order valence-corrected chi connectivity index (χ4v) is 4.96. The van der Waals surface area contributed by atoms with Crippen molar-refractivity contribution >= 4 is 39.2 Å². The minimum absolute atomic E-state index is 0.192. The molecule has 180 valence electrons. The van der Waals surface area contributed by atoms with E-state index in [0.717, 1.165) is 65.7 Å². The van der Waals surface area contributed by atoms with Gasteiger partial charge in [-0.2, -0.15) is 4.37 Å². The Kier molecular flexibility index (Phi) is 7.15. The van der Waals surface area contributed by atoms with Crippen LogP contribution in [0.5, 0.6) is 0 Å². The summed E-state index contributed by atoms with van der Waals surface area (Å²) in [7, 11) is 0. The van der Waals surface area contributed by atoms with Gasteiger partial charge < -0.3 is 15.5 Å². The highest BCUT2D eigenvalue weighted by atomic mass is 32.1. The van der Waals surface area contributed by atoms with Gasteiger partial charge in [0.15, 0.2) is 0 Å². The molecule has 35 heavy (non-hydrogen) atoms. The first-order valence-corrected chi connectivity index (χ1v) is 12.5. The number of rotatable bonds is 7. The van der Waals surface area contributed by atoms with E-state index in [1.54, 1.807) is 12.1 Å². The molecule has 3 aromatic carbocycles. The molecule has 1 aromatic heterocycles. The van der Waals surface area contributed by atoms with Crippen LogP contribution in [-0.4, -0.2) is 59.6 Å². The zero-order valence-electron chi connectivity index (χ0n) is 19.3. The molecule has 1 aliphatic rings. The molecule has 1 saturated heterocycles. The number of anilines is 2. The molecular weight excluding hydrogens is 463 g/mol. The number of nitrogens with one attached hydrogen (secondary N) is 2. The van der Waals surface area contributed by atoms with Crippen molar-refractivity contribution in [2.24, 2.45) is 0 Å². The Hall–Kier alpha value is -3.56. The number of fused-ring (bicyclic) bond motifs is 1. The summed E-state index contributed by atoms with van der Waals surface area (Å²) in [5.74, 6) is 0.527. The van der Waals surface area contributed by atoms with Gasteiger partial charge in [-0.15, -0.1) is 0 Å². The molecule has 5 rings (SSSR count). The molecule has 2 heterocycles. The Morgan fingerprint density at radius 1 is 0.971 bits per heavy atom. The molecule has 0 bridgehead atoms. The second kappa shape index (κ2) is 10.8. The molecule has 0 radical (unpaired) electrons. The third kappa shape index (κ3) is 5.93. The Morgan fingerprint density at radius 3 is 2.57 bits per heavy atom. The Balaban J connectivity index is 1.05. The number of aromatic nitrogens is 2. The smallest absolute Gasteiger partial charge is 0.319 e. The summed E-state index contributed by atoms with van der Waals surface area (Å²) in [6.07, 6.45) is 0.600. The van der Waals surface area contributed by atoms with Crippen LogP contribution in [0.4, 0.5) is 20.0 Å². The van der Waals surface area contributed by atoms with E-state index in [1.807, 2.05) is 42.5 Å². The fourth-order valence-electron chi connectivity index (χ4n) is 4.22. The number of piperazine rings is 1. The van der Waals surface area contributed by atoms with Crippen LogP contribution in [-0.2, 0) is 6.42 Å². The van der Waals surface area contributed by atoms with E-state index in [2.05, 4.69) is 29.8 Å². The summed E-state index contributed by atoms with van der Waals surface area (Å²) in [5, 5.41) is 8.98. The molecular formula is C26H27FN6OS. The van der Waals surface area contributed by atoms with Crippen molar-refractivity contribution in [1.29, 1.82) is 0 Å². The highest BCUT2D eigenvalue weighted by Gasteiger charge is 2.20. The first-order chi connectivity index (χ1) is 17.1. The van der Waals surface area contributed by atoms with Crippen LogP contribution in [0.25, 0.3) is 10.8 Å². The number of benzene rings is 3. The maximum atomic E-state index is 13.1. The van der Waals surface area contributed by atoms with Crippen LogP contribution in [0.1, 0.15) is 11.4 Å². The van der Waals surface area contributed by atoms with Crippen molar-refractivity contribution in [2.45, 2.75) is 6.42 Å². The van der Waals surface area contributed by atoms with Gasteiger partial charge in [0.25, 0.3) is 0 Å². The van der Waals surface area contributed by atoms with Crippen molar-refractivity contribution < 1.29 is 9.18 Å². The summed E-state index contributed by atoms with van der Waals surface area (Å²) >= 11 is 1.41. The Morgan fingerprint density at radius 2 is 1.74 bits per heavy atom. The van der Waals surface area contributed by atoms with Gasteiger partial charge >= 0.3 is 6.03 Å². The van der Waals surface area contributed by atoms with Crippen molar-refractivity contribution in [3.05, 3.63) is 83.9 Å². The lowest BCUT2D eigenvalue weighted by Crippen LogP contribution is -2.48. The van der Waals surface area contributed by atoms with Gasteiger partial charge in [0.2, 0.25) is 5.13 Å². The van der Waals surface area contributed by atoms with Gasteiger partial charge in [-0.05, 0) is 29.1 Å². The van der Waals surface area contributed by atoms with E-state index in [1.165, 1.54) is 23.7 Å². The number of carbonyl (C=O) groups excluding carboxylic acids is 1. The van der Waals surface area contributed by atoms with Crippen LogP contribution >= 0.6 is 11.5 Å². The normalized spacial score (nSPS) is 14.3. The molecule has 0 saturated carbocycles. The molecule has 0 atom stereocenters. The molecule has 0 aliphatic carbocycles. The van der Waals surface area contributed by atoms with Crippen molar-refractivity contribution in [3.8, 4) is 0 Å². The van der Waals surface area contributed by atoms with Gasteiger partial charge in [0.1, 0.15) is 11.6 Å². The predicted octanol–water partition coefficient (Wildman–Crippen LogP) is 4.36. The molecule has 0 spiro atoms. The summed E-state index contributed by atoms with van der Waals surface area (Å²) in [6.45, 7) is 4.92. The quantitative estimate of drug-likeness (QED) is 0.403. The van der Waals surface area contributed by atoms with Crippen LogP contribution in [0.2, 0.25) is 0 Å². The number of hydrogen-bond acceptors (Lipinski definition) is 6. The fraction of sp³-hybridized carbons (Fsp3) is 0.269. The highest BCUT2D eigenvalue weighted by molar-refractivity contribution is 7.09. The molecule has 7 nitrogen and oxygen atoms in total. The van der Waals surface area contributed by atoms with Crippen molar-refractivity contribution in [3.63, 3.8) is 0 Å². The molecule has 9 heteroatoms. The van der Waals surface area contributed by atoms with E-state index in [9.17, 15) is 9.18 Å². The van der Waals surface area contributed by atoms with Gasteiger partial charge in [0.05, 0.1) is 5.69 Å². The number of nitrogens with zero attached hydrogens (tertiary/aromatic N) is 4. The second-order valence-corrected chi connectivity index (χ2v) is 9.26. The minimum Gasteiger partial charge on any atom is -0.344 e. The molecule has 4 aromatic rings. The monoisotopic (exact) mass is 490 g/mol. The minimum atomic E-state index is -0.237. The molecule has 1 fully saturated rings. The number of carbonyl (C=O) groups is 1. The Labute approximate surface area is 207 Å². The molecule has 2 N–H and O–H groups in total. The van der Waals surface area contributed by atoms with E-state index < -0.39 is 0 Å². The van der Waals surface area contributed by atoms with E-state index in [4.69, 9.17) is 0 Å². The summed E-state index contributed by atoms with van der Waals surface area (Å²) in [4.78, 5) is 21.7. The maximum Gasteiger partial charge on any atom is 0.319 e. The largest absolute Gasteiger partial charge is 0.344 e. The average Bonchev–Trinajstić information content (AvgIpc) is 3.35. The highest BCUT2D eigenvalue weighted by Crippen LogP contribution is 2.23. The summed E-state index contributed by atoms with van der Waals surface area (Å²) in [5.41, 5.74) is 1.81. The second-order valence-electron chi connectivity index (χ2n) is 8.53. The van der Waals surface area contributed by atoms with Crippen LogP contribution in [0.15, 0.2) is 66.7 Å². The third-order valence-electron chi connectivity index (χ3n) is 6.13. The lowest BCUT2D eigenvalue weighted by molar-refractivity contribution is 0.240. The maximum absolute atomic E-state index is 13.1. The zero-order valence-corrected chi connectivity index (χ0v) is 20.1. The lowest BCUT2D eigenvalue weighted by atomic mass is 10.1. The number of urea groups is 1. The third-order valence-corrected chi connectivity index (χ3v) is 6.94. The number of amides is 2. The van der Waals surface area contributed by atoms with Crippen molar-refractivity contribution in [2.75, 3.05) is 49.5 Å². The molecule has 1 aliphatic heterocycles. The number of halogens is 1. The zero-order chi connectivity index (χ0) is 24.0.